The number of aryl methyl sites for hydroxylation is 3. The van der Waals surface area contributed by atoms with Gasteiger partial charge in [0.25, 0.3) is 0 Å². The van der Waals surface area contributed by atoms with Crippen LogP contribution in [0.3, 0.4) is 0 Å². The van der Waals surface area contributed by atoms with Crippen LogP contribution in [0.4, 0.5) is 43.9 Å². The van der Waals surface area contributed by atoms with Crippen LogP contribution in [0, 0.1) is 41.5 Å². The number of aromatic amines is 3. The van der Waals surface area contributed by atoms with E-state index in [-0.39, 0.29) is 49.0 Å². The Labute approximate surface area is 550 Å². The number of halogens is 17. The molecule has 4 aromatic carbocycles. The highest BCUT2D eigenvalue weighted by Crippen LogP contribution is 2.38. The van der Waals surface area contributed by atoms with Gasteiger partial charge in [-0.15, -0.1) is 0 Å². The number of nitrogens with one attached hydrogen (secondary N) is 3. The van der Waals surface area contributed by atoms with E-state index in [1.54, 1.807) is 67.0 Å². The number of fused-ring (bicyclic) bond motifs is 3. The molecule has 0 aliphatic rings. The lowest BCUT2D eigenvalue weighted by atomic mass is 10.1. The molecule has 9 heterocycles. The molecule has 3 N–H and O–H groups in total. The molecular weight excluding hydrogens is 1440 g/mol. The fraction of sp³-hybridized carbons (Fsp3) is 0.0806. The summed E-state index contributed by atoms with van der Waals surface area (Å²) in [5.41, 5.74) is 4.28. The first-order chi connectivity index (χ1) is 43.1. The SMILES string of the molecule is Cc1cc(Br)cnc1Cl.Cn1nc(C(F)(F)F)cc1-c1cnc2[nH]c(-c3c(F)cccc3Cl)cc2c1.Cn1nc(C(F)(F)F)cc1-c1cnc2[nH]c(-c3c(F)cccc3Cl)cc2c1.Fc1cccc(Cl)c1-c1cc2cc(Br)cnc2[nH]1.N#Cc1c(F)cccc1Cl. The van der Waals surface area contributed by atoms with Crippen LogP contribution in [0.25, 0.3) is 89.4 Å². The molecule has 12 nitrogen and oxygen atoms in total. The van der Waals surface area contributed by atoms with Crippen molar-refractivity contribution in [3.8, 4) is 62.4 Å². The second-order valence-electron chi connectivity index (χ2n) is 19.3. The summed E-state index contributed by atoms with van der Waals surface area (Å²) in [6, 6.07) is 33.4. The molecule has 464 valence electrons. The first kappa shape index (κ1) is 67.1. The van der Waals surface area contributed by atoms with Crippen LogP contribution >= 0.6 is 89.9 Å². The molecule has 0 saturated carbocycles. The predicted molar refractivity (Wildman–Crippen MR) is 339 cm³/mol. The van der Waals surface area contributed by atoms with Gasteiger partial charge in [-0.3, -0.25) is 9.36 Å². The van der Waals surface area contributed by atoms with E-state index < -0.39 is 41.2 Å². The lowest BCUT2D eigenvalue weighted by Crippen LogP contribution is -2.06. The van der Waals surface area contributed by atoms with Crippen LogP contribution in [0.5, 0.6) is 0 Å². The number of rotatable bonds is 5. The molecule has 29 heteroatoms. The van der Waals surface area contributed by atoms with Gasteiger partial charge in [0.05, 0.1) is 65.3 Å². The topological polar surface area (TPSA) is 158 Å². The molecule has 13 rings (SSSR count). The number of benzene rings is 4. The molecule has 0 fully saturated rings. The fourth-order valence-corrected chi connectivity index (χ4v) is 10.7. The van der Waals surface area contributed by atoms with Gasteiger partial charge in [-0.1, -0.05) is 82.3 Å². The lowest BCUT2D eigenvalue weighted by Gasteiger charge is -2.02. The van der Waals surface area contributed by atoms with Gasteiger partial charge in [-0.25, -0.2) is 37.5 Å². The van der Waals surface area contributed by atoms with Crippen LogP contribution in [-0.2, 0) is 26.4 Å². The summed E-state index contributed by atoms with van der Waals surface area (Å²) in [7, 11) is 2.85. The van der Waals surface area contributed by atoms with E-state index in [0.717, 1.165) is 41.4 Å². The van der Waals surface area contributed by atoms with Crippen molar-refractivity contribution in [2.75, 3.05) is 0 Å². The Bertz CT molecular complexity index is 4620. The minimum atomic E-state index is -4.53. The van der Waals surface area contributed by atoms with Gasteiger partial charge < -0.3 is 15.0 Å². The molecule has 0 radical (unpaired) electrons. The molecule has 9 aromatic heterocycles. The zero-order valence-electron chi connectivity index (χ0n) is 46.4. The lowest BCUT2D eigenvalue weighted by molar-refractivity contribution is -0.142. The third-order valence-corrected chi connectivity index (χ3v) is 15.6. The number of nitriles is 1. The van der Waals surface area contributed by atoms with Gasteiger partial charge in [0.15, 0.2) is 11.4 Å². The summed E-state index contributed by atoms with van der Waals surface area (Å²) in [5, 5.41) is 19.0. The van der Waals surface area contributed by atoms with Crippen molar-refractivity contribution in [3.63, 3.8) is 0 Å². The van der Waals surface area contributed by atoms with E-state index in [9.17, 15) is 43.9 Å². The van der Waals surface area contributed by atoms with Crippen molar-refractivity contribution in [2.45, 2.75) is 19.3 Å². The van der Waals surface area contributed by atoms with Crippen molar-refractivity contribution in [1.82, 2.24) is 54.4 Å². The first-order valence-corrected chi connectivity index (χ1v) is 29.4. The average molecular weight is 1480 g/mol. The summed E-state index contributed by atoms with van der Waals surface area (Å²) in [5.74, 6) is -1.91. The third kappa shape index (κ3) is 15.7. The largest absolute Gasteiger partial charge is 0.435 e. The fourth-order valence-electron chi connectivity index (χ4n) is 8.85. The Kier molecular flexibility index (Phi) is 20.7. The smallest absolute Gasteiger partial charge is 0.339 e. The van der Waals surface area contributed by atoms with E-state index in [2.05, 4.69) is 76.9 Å². The Balaban J connectivity index is 0.000000143. The highest BCUT2D eigenvalue weighted by atomic mass is 79.9. The van der Waals surface area contributed by atoms with E-state index in [1.165, 1.54) is 75.0 Å². The van der Waals surface area contributed by atoms with Crippen LogP contribution in [0.2, 0.25) is 25.2 Å². The van der Waals surface area contributed by atoms with Gasteiger partial charge in [0.1, 0.15) is 57.0 Å². The summed E-state index contributed by atoms with van der Waals surface area (Å²) >= 11 is 35.9. The zero-order valence-corrected chi connectivity index (χ0v) is 53.3. The summed E-state index contributed by atoms with van der Waals surface area (Å²) < 4.78 is 136. The van der Waals surface area contributed by atoms with Gasteiger partial charge in [-0.2, -0.15) is 41.8 Å². The highest BCUT2D eigenvalue weighted by molar-refractivity contribution is 9.10. The van der Waals surface area contributed by atoms with Crippen LogP contribution in [0.15, 0.2) is 161 Å². The maximum absolute atomic E-state index is 14.1. The molecule has 0 bridgehead atoms. The monoisotopic (exact) mass is 1470 g/mol. The van der Waals surface area contributed by atoms with Crippen molar-refractivity contribution < 1.29 is 43.9 Å². The van der Waals surface area contributed by atoms with Gasteiger partial charge >= 0.3 is 12.4 Å². The second-order valence-corrected chi connectivity index (χ2v) is 23.1. The molecule has 0 aliphatic carbocycles. The molecule has 0 amide bonds. The maximum Gasteiger partial charge on any atom is 0.435 e. The van der Waals surface area contributed by atoms with Gasteiger partial charge in [0.2, 0.25) is 0 Å². The number of hydrogen-bond donors (Lipinski definition) is 3. The molecular formula is C62H37Br2Cl5F10N12. The van der Waals surface area contributed by atoms with E-state index in [4.69, 9.17) is 63.3 Å². The molecule has 0 saturated heterocycles. The number of pyridine rings is 4. The van der Waals surface area contributed by atoms with E-state index >= 15 is 0 Å². The van der Waals surface area contributed by atoms with Crippen LogP contribution in [0.1, 0.15) is 22.5 Å². The standard InChI is InChI=1S/2C18H11ClF4N4.C13H7BrClFN2.C7H3ClFN.C6H5BrClN/c2*1-27-14(7-15(26-27)18(21,22)23)10-5-9-6-13(25-17(9)24-8-10)16-11(19)3-2-4-12(16)20;14-8-4-7-5-11(18-13(7)17-6-8)12-9(15)2-1-3-10(12)16;8-6-2-1-3-7(9)5(6)4-10;1-4-2-5(7)3-9-6(4)8/h2*2-8H,1H3,(H,24,25);1-6H,(H,17,18);1-3H;2-3H,1H3. The van der Waals surface area contributed by atoms with Crippen molar-refractivity contribution >= 4 is 123 Å². The van der Waals surface area contributed by atoms with Gasteiger partial charge in [0, 0.05) is 75.1 Å². The van der Waals surface area contributed by atoms with Crippen LogP contribution in [-0.4, -0.2) is 54.4 Å². The number of alkyl halides is 6. The number of nitrogens with zero attached hydrogens (tertiary/aromatic N) is 9. The maximum atomic E-state index is 14.1. The second kappa shape index (κ2) is 28.1. The number of H-pyrrole nitrogens is 3. The third-order valence-electron chi connectivity index (χ3n) is 13.1. The minimum absolute atomic E-state index is 0.0934. The molecule has 13 aromatic rings. The Morgan fingerprint density at radius 1 is 0.462 bits per heavy atom. The molecule has 91 heavy (non-hydrogen) atoms. The molecule has 0 spiro atoms. The van der Waals surface area contributed by atoms with Gasteiger partial charge in [-0.05, 0) is 147 Å². The number of hydrogen-bond acceptors (Lipinski definition) is 7. The summed E-state index contributed by atoms with van der Waals surface area (Å²) in [6.45, 7) is 1.92. The van der Waals surface area contributed by atoms with Crippen molar-refractivity contribution in [1.29, 1.82) is 5.26 Å². The Hall–Kier alpha value is -8.28. The first-order valence-electron chi connectivity index (χ1n) is 25.9. The molecule has 0 aliphatic heterocycles. The van der Waals surface area contributed by atoms with Crippen LogP contribution < -0.4 is 0 Å². The van der Waals surface area contributed by atoms with Crippen molar-refractivity contribution in [3.05, 3.63) is 232 Å². The molecule has 0 atom stereocenters. The minimum Gasteiger partial charge on any atom is -0.339 e. The van der Waals surface area contributed by atoms with E-state index in [0.29, 0.717) is 71.7 Å². The number of aromatic nitrogens is 11. The molecule has 0 unspecified atom stereocenters. The Morgan fingerprint density at radius 3 is 1.14 bits per heavy atom. The highest BCUT2D eigenvalue weighted by Gasteiger charge is 2.36. The normalized spacial score (nSPS) is 11.3. The summed E-state index contributed by atoms with van der Waals surface area (Å²) in [6.07, 6.45) is -2.83. The summed E-state index contributed by atoms with van der Waals surface area (Å²) in [4.78, 5) is 25.6. The quantitative estimate of drug-likeness (QED) is 0.114. The van der Waals surface area contributed by atoms with Crippen molar-refractivity contribution in [2.24, 2.45) is 14.1 Å². The average Bonchev–Trinajstić information content (AvgIpc) is 1.77. The van der Waals surface area contributed by atoms with E-state index in [1.807, 2.05) is 25.1 Å². The predicted octanol–water partition coefficient (Wildman–Crippen LogP) is 20.8. The Morgan fingerprint density at radius 2 is 0.813 bits per heavy atom. The zero-order chi connectivity index (χ0) is 65.8.